The molecule has 4 nitrogen and oxygen atoms in total. The number of methoxy groups -OCH3 is 1. The summed E-state index contributed by atoms with van der Waals surface area (Å²) in [5.74, 6) is 2.11. The first-order chi connectivity index (χ1) is 8.13. The maximum absolute atomic E-state index is 10.0. The maximum Gasteiger partial charge on any atom is 0.132 e. The SMILES string of the molecule is COc1cc(C(C)C)c(O)cc1C1=NCCN1. The van der Waals surface area contributed by atoms with E-state index in [1.54, 1.807) is 13.2 Å². The molecular formula is C13H18N2O2. The summed E-state index contributed by atoms with van der Waals surface area (Å²) >= 11 is 0. The van der Waals surface area contributed by atoms with Crippen LogP contribution in [-0.4, -0.2) is 31.1 Å². The van der Waals surface area contributed by atoms with Crippen LogP contribution in [0.15, 0.2) is 17.1 Å². The molecule has 17 heavy (non-hydrogen) atoms. The average Bonchev–Trinajstić information content (AvgIpc) is 2.81. The van der Waals surface area contributed by atoms with Crippen LogP contribution < -0.4 is 10.1 Å². The maximum atomic E-state index is 10.0. The van der Waals surface area contributed by atoms with E-state index in [2.05, 4.69) is 10.3 Å². The molecule has 0 atom stereocenters. The second-order valence-corrected chi connectivity index (χ2v) is 4.42. The standard InChI is InChI=1S/C13H18N2O2/c1-8(2)9-7-12(17-3)10(6-11(9)16)13-14-4-5-15-13/h6-8,16H,4-5H2,1-3H3,(H,14,15). The number of benzene rings is 1. The predicted molar refractivity (Wildman–Crippen MR) is 68.2 cm³/mol. The summed E-state index contributed by atoms with van der Waals surface area (Å²) in [6, 6.07) is 3.61. The fraction of sp³-hybridized carbons (Fsp3) is 0.462. The number of hydrogen-bond acceptors (Lipinski definition) is 4. The Kier molecular flexibility index (Phi) is 3.22. The zero-order valence-electron chi connectivity index (χ0n) is 10.4. The number of nitrogens with one attached hydrogen (secondary N) is 1. The summed E-state index contributed by atoms with van der Waals surface area (Å²) < 4.78 is 5.37. The monoisotopic (exact) mass is 234 g/mol. The minimum Gasteiger partial charge on any atom is -0.508 e. The van der Waals surface area contributed by atoms with Gasteiger partial charge in [0, 0.05) is 12.1 Å². The Morgan fingerprint density at radius 1 is 1.41 bits per heavy atom. The summed E-state index contributed by atoms with van der Waals surface area (Å²) in [4.78, 5) is 4.34. The zero-order valence-corrected chi connectivity index (χ0v) is 10.4. The Morgan fingerprint density at radius 2 is 2.18 bits per heavy atom. The van der Waals surface area contributed by atoms with E-state index < -0.39 is 0 Å². The van der Waals surface area contributed by atoms with Gasteiger partial charge in [0.2, 0.25) is 0 Å². The third kappa shape index (κ3) is 2.20. The largest absolute Gasteiger partial charge is 0.508 e. The molecule has 0 aliphatic carbocycles. The fourth-order valence-electron chi connectivity index (χ4n) is 1.98. The number of aromatic hydroxyl groups is 1. The average molecular weight is 234 g/mol. The summed E-state index contributed by atoms with van der Waals surface area (Å²) in [5, 5.41) is 13.2. The lowest BCUT2D eigenvalue weighted by atomic mass is 9.99. The molecule has 2 N–H and O–H groups in total. The van der Waals surface area contributed by atoms with Crippen LogP contribution in [0, 0.1) is 0 Å². The van der Waals surface area contributed by atoms with E-state index in [1.165, 1.54) is 0 Å². The predicted octanol–water partition coefficient (Wildman–Crippen LogP) is 1.87. The van der Waals surface area contributed by atoms with Crippen LogP contribution >= 0.6 is 0 Å². The van der Waals surface area contributed by atoms with Crippen LogP contribution in [0.2, 0.25) is 0 Å². The molecule has 0 aromatic heterocycles. The lowest BCUT2D eigenvalue weighted by Crippen LogP contribution is -2.20. The zero-order chi connectivity index (χ0) is 12.4. The molecule has 0 amide bonds. The van der Waals surface area contributed by atoms with Gasteiger partial charge in [-0.2, -0.15) is 0 Å². The minimum atomic E-state index is 0.261. The van der Waals surface area contributed by atoms with Gasteiger partial charge in [-0.05, 0) is 18.1 Å². The van der Waals surface area contributed by atoms with Crippen molar-refractivity contribution in [1.29, 1.82) is 0 Å². The smallest absolute Gasteiger partial charge is 0.132 e. The summed E-state index contributed by atoms with van der Waals surface area (Å²) in [7, 11) is 1.63. The van der Waals surface area contributed by atoms with Crippen LogP contribution in [-0.2, 0) is 0 Å². The van der Waals surface area contributed by atoms with E-state index >= 15 is 0 Å². The van der Waals surface area contributed by atoms with Gasteiger partial charge in [-0.1, -0.05) is 13.8 Å². The van der Waals surface area contributed by atoms with Crippen LogP contribution in [0.1, 0.15) is 30.9 Å². The van der Waals surface area contributed by atoms with E-state index in [9.17, 15) is 5.11 Å². The highest BCUT2D eigenvalue weighted by Gasteiger charge is 2.17. The number of amidine groups is 1. The fourth-order valence-corrected chi connectivity index (χ4v) is 1.98. The first-order valence-electron chi connectivity index (χ1n) is 5.83. The van der Waals surface area contributed by atoms with Gasteiger partial charge in [0.05, 0.1) is 19.2 Å². The van der Waals surface area contributed by atoms with Crippen molar-refractivity contribution >= 4 is 5.84 Å². The normalized spacial score (nSPS) is 14.7. The van der Waals surface area contributed by atoms with Gasteiger partial charge in [0.15, 0.2) is 0 Å². The Balaban J connectivity index is 2.49. The van der Waals surface area contributed by atoms with Crippen LogP contribution in [0.5, 0.6) is 11.5 Å². The highest BCUT2D eigenvalue weighted by Crippen LogP contribution is 2.33. The number of ether oxygens (including phenoxy) is 1. The molecule has 0 radical (unpaired) electrons. The highest BCUT2D eigenvalue weighted by atomic mass is 16.5. The number of hydrogen-bond donors (Lipinski definition) is 2. The molecule has 1 heterocycles. The number of aliphatic imine (C=N–C) groups is 1. The molecule has 2 rings (SSSR count). The van der Waals surface area contributed by atoms with Crippen molar-refractivity contribution in [1.82, 2.24) is 5.32 Å². The van der Waals surface area contributed by atoms with Gasteiger partial charge in [0.1, 0.15) is 17.3 Å². The van der Waals surface area contributed by atoms with Crippen LogP contribution in [0.25, 0.3) is 0 Å². The van der Waals surface area contributed by atoms with Crippen molar-refractivity contribution in [2.75, 3.05) is 20.2 Å². The highest BCUT2D eigenvalue weighted by molar-refractivity contribution is 6.02. The van der Waals surface area contributed by atoms with Crippen molar-refractivity contribution in [3.8, 4) is 11.5 Å². The molecule has 92 valence electrons. The van der Waals surface area contributed by atoms with Crippen molar-refractivity contribution in [2.24, 2.45) is 4.99 Å². The van der Waals surface area contributed by atoms with Crippen molar-refractivity contribution < 1.29 is 9.84 Å². The second kappa shape index (κ2) is 4.65. The van der Waals surface area contributed by atoms with Gasteiger partial charge in [-0.25, -0.2) is 0 Å². The molecule has 0 unspecified atom stereocenters. The van der Waals surface area contributed by atoms with Gasteiger partial charge in [-0.3, -0.25) is 4.99 Å². The van der Waals surface area contributed by atoms with Gasteiger partial charge < -0.3 is 15.2 Å². The summed E-state index contributed by atoms with van der Waals surface area (Å²) in [6.45, 7) is 5.69. The summed E-state index contributed by atoms with van der Waals surface area (Å²) in [6.07, 6.45) is 0. The number of rotatable bonds is 3. The van der Waals surface area contributed by atoms with E-state index in [4.69, 9.17) is 4.74 Å². The third-order valence-electron chi connectivity index (χ3n) is 2.90. The van der Waals surface area contributed by atoms with Crippen molar-refractivity contribution in [3.05, 3.63) is 23.3 Å². The van der Waals surface area contributed by atoms with Crippen LogP contribution in [0.4, 0.5) is 0 Å². The molecule has 1 aliphatic rings. The Hall–Kier alpha value is -1.71. The van der Waals surface area contributed by atoms with Crippen LogP contribution in [0.3, 0.4) is 0 Å². The number of phenols is 1. The molecule has 4 heteroatoms. The summed E-state index contributed by atoms with van der Waals surface area (Å²) in [5.41, 5.74) is 1.72. The molecule has 0 saturated carbocycles. The number of nitrogens with zero attached hydrogens (tertiary/aromatic N) is 1. The molecule has 0 spiro atoms. The molecule has 1 aromatic rings. The van der Waals surface area contributed by atoms with E-state index in [0.717, 1.165) is 35.8 Å². The molecule has 0 bridgehead atoms. The Morgan fingerprint density at radius 3 is 2.71 bits per heavy atom. The molecule has 0 saturated heterocycles. The van der Waals surface area contributed by atoms with E-state index in [0.29, 0.717) is 5.75 Å². The van der Waals surface area contributed by atoms with Gasteiger partial charge >= 0.3 is 0 Å². The van der Waals surface area contributed by atoms with Crippen molar-refractivity contribution in [3.63, 3.8) is 0 Å². The lowest BCUT2D eigenvalue weighted by molar-refractivity contribution is 0.409. The second-order valence-electron chi connectivity index (χ2n) is 4.42. The van der Waals surface area contributed by atoms with Crippen molar-refractivity contribution in [2.45, 2.75) is 19.8 Å². The Labute approximate surface area is 101 Å². The quantitative estimate of drug-likeness (QED) is 0.839. The van der Waals surface area contributed by atoms with E-state index in [-0.39, 0.29) is 5.92 Å². The topological polar surface area (TPSA) is 53.9 Å². The minimum absolute atomic E-state index is 0.261. The first-order valence-corrected chi connectivity index (χ1v) is 5.83. The Bertz CT molecular complexity index is 453. The van der Waals surface area contributed by atoms with Gasteiger partial charge in [0.25, 0.3) is 0 Å². The molecule has 1 aliphatic heterocycles. The van der Waals surface area contributed by atoms with Gasteiger partial charge in [-0.15, -0.1) is 0 Å². The first kappa shape index (κ1) is 11.8. The molecule has 1 aromatic carbocycles. The third-order valence-corrected chi connectivity index (χ3v) is 2.90. The number of phenolic OH excluding ortho intramolecular Hbond substituents is 1. The molecular weight excluding hydrogens is 216 g/mol. The van der Waals surface area contributed by atoms with E-state index in [1.807, 2.05) is 19.9 Å². The lowest BCUT2D eigenvalue weighted by Gasteiger charge is -2.14. The molecule has 0 fully saturated rings.